The average Bonchev–Trinajstić information content (AvgIpc) is 3.09. The molecule has 122 valence electrons. The summed E-state index contributed by atoms with van der Waals surface area (Å²) in [6, 6.07) is -0.0411. The number of esters is 1. The summed E-state index contributed by atoms with van der Waals surface area (Å²) < 4.78 is 48.5. The van der Waals surface area contributed by atoms with Gasteiger partial charge in [-0.05, 0) is 24.7 Å². The first kappa shape index (κ1) is 15.2. The molecule has 5 nitrogen and oxygen atoms in total. The molecule has 0 radical (unpaired) electrons. The second-order valence-electron chi connectivity index (χ2n) is 5.88. The van der Waals surface area contributed by atoms with Crippen molar-refractivity contribution in [1.82, 2.24) is 4.98 Å². The molecule has 2 aliphatic rings. The third kappa shape index (κ3) is 2.78. The van der Waals surface area contributed by atoms with Gasteiger partial charge in [-0.15, -0.1) is 0 Å². The molecule has 1 aliphatic carbocycles. The van der Waals surface area contributed by atoms with Gasteiger partial charge in [-0.3, -0.25) is 4.79 Å². The minimum atomic E-state index is -4.68. The van der Waals surface area contributed by atoms with Crippen LogP contribution in [0.3, 0.4) is 0 Å². The molecule has 1 aromatic heterocycles. The van der Waals surface area contributed by atoms with Crippen molar-refractivity contribution in [2.24, 2.45) is 11.8 Å². The highest BCUT2D eigenvalue weighted by Crippen LogP contribution is 2.41. The van der Waals surface area contributed by atoms with E-state index in [1.807, 2.05) is 0 Å². The predicted molar refractivity (Wildman–Crippen MR) is 70.3 cm³/mol. The number of carbonyl (C=O) groups is 1. The molecule has 8 heteroatoms. The fourth-order valence-corrected chi connectivity index (χ4v) is 3.42. The Morgan fingerprint density at radius 2 is 2.00 bits per heavy atom. The lowest BCUT2D eigenvalue weighted by Gasteiger charge is -2.14. The Labute approximate surface area is 125 Å². The van der Waals surface area contributed by atoms with E-state index in [0.29, 0.717) is 24.9 Å². The number of methoxy groups -OCH3 is 1. The number of fused-ring (bicyclic) bond motifs is 1. The molecule has 0 spiro atoms. The molecule has 1 aromatic rings. The number of ether oxygens (including phenoxy) is 1. The van der Waals surface area contributed by atoms with Gasteiger partial charge in [0.1, 0.15) is 5.69 Å². The Hall–Kier alpha value is -1.73. The minimum Gasteiger partial charge on any atom is -0.469 e. The van der Waals surface area contributed by atoms with Crippen LogP contribution in [0.4, 0.5) is 19.2 Å². The molecule has 0 N–H and O–H groups in total. The van der Waals surface area contributed by atoms with Crippen molar-refractivity contribution in [3.05, 3.63) is 11.5 Å². The Bertz CT molecular complexity index is 558. The van der Waals surface area contributed by atoms with Gasteiger partial charge in [0.05, 0.1) is 13.5 Å². The van der Waals surface area contributed by atoms with Crippen LogP contribution in [0.1, 0.15) is 30.7 Å². The van der Waals surface area contributed by atoms with Gasteiger partial charge in [0.2, 0.25) is 5.76 Å². The van der Waals surface area contributed by atoms with Crippen molar-refractivity contribution in [1.29, 1.82) is 0 Å². The van der Waals surface area contributed by atoms with Crippen molar-refractivity contribution >= 4 is 12.0 Å². The fourth-order valence-electron chi connectivity index (χ4n) is 3.42. The first-order chi connectivity index (χ1) is 10.4. The number of anilines is 1. The zero-order valence-electron chi connectivity index (χ0n) is 12.2. The topological polar surface area (TPSA) is 55.6 Å². The third-order valence-electron chi connectivity index (χ3n) is 4.48. The highest BCUT2D eigenvalue weighted by molar-refractivity contribution is 5.72. The van der Waals surface area contributed by atoms with Gasteiger partial charge >= 0.3 is 12.1 Å². The Morgan fingerprint density at radius 3 is 2.55 bits per heavy atom. The molecule has 1 saturated heterocycles. The minimum absolute atomic E-state index is 0.0411. The van der Waals surface area contributed by atoms with Crippen LogP contribution in [0.15, 0.2) is 4.42 Å². The van der Waals surface area contributed by atoms with Crippen LogP contribution in [0.2, 0.25) is 0 Å². The maximum atomic E-state index is 13.0. The Kier molecular flexibility index (Phi) is 3.78. The van der Waals surface area contributed by atoms with Gasteiger partial charge in [0.15, 0.2) is 0 Å². The summed E-state index contributed by atoms with van der Waals surface area (Å²) >= 11 is 0. The van der Waals surface area contributed by atoms with Crippen molar-refractivity contribution in [3.63, 3.8) is 0 Å². The molecule has 0 amide bonds. The van der Waals surface area contributed by atoms with E-state index in [2.05, 4.69) is 9.72 Å². The standard InChI is InChI=1S/C14H17F3N2O3/c1-21-11(20)5-10-12(14(15,16)17)22-13(18-10)19-6-8-3-2-4-9(8)7-19/h8-9H,2-7H2,1H3/t8-,9?/m0/s1. The lowest BCUT2D eigenvalue weighted by Crippen LogP contribution is -2.21. The number of oxazole rings is 1. The number of halogens is 3. The molecule has 2 heterocycles. The van der Waals surface area contributed by atoms with Gasteiger partial charge in [0.25, 0.3) is 6.01 Å². The summed E-state index contributed by atoms with van der Waals surface area (Å²) in [5.74, 6) is -0.968. The number of alkyl halides is 3. The van der Waals surface area contributed by atoms with E-state index in [0.717, 1.165) is 20.0 Å². The maximum Gasteiger partial charge on any atom is 0.451 e. The second-order valence-corrected chi connectivity index (χ2v) is 5.88. The van der Waals surface area contributed by atoms with Crippen LogP contribution in [0, 0.1) is 11.8 Å². The molecule has 2 atom stereocenters. The van der Waals surface area contributed by atoms with Crippen molar-refractivity contribution in [2.75, 3.05) is 25.1 Å². The number of nitrogens with zero attached hydrogens (tertiary/aromatic N) is 2. The van der Waals surface area contributed by atoms with Crippen LogP contribution in [0.25, 0.3) is 0 Å². The van der Waals surface area contributed by atoms with Crippen LogP contribution in [-0.2, 0) is 22.1 Å². The zero-order chi connectivity index (χ0) is 15.9. The second kappa shape index (κ2) is 5.48. The Balaban J connectivity index is 1.84. The van der Waals surface area contributed by atoms with E-state index >= 15 is 0 Å². The molecule has 22 heavy (non-hydrogen) atoms. The first-order valence-electron chi connectivity index (χ1n) is 7.27. The van der Waals surface area contributed by atoms with Crippen LogP contribution in [-0.4, -0.2) is 31.2 Å². The van der Waals surface area contributed by atoms with E-state index in [4.69, 9.17) is 4.42 Å². The highest BCUT2D eigenvalue weighted by atomic mass is 19.4. The number of rotatable bonds is 3. The summed E-state index contributed by atoms with van der Waals surface area (Å²) in [7, 11) is 1.12. The molecule has 0 aromatic carbocycles. The monoisotopic (exact) mass is 318 g/mol. The number of hydrogen-bond donors (Lipinski definition) is 0. The predicted octanol–water partition coefficient (Wildman–Crippen LogP) is 2.65. The van der Waals surface area contributed by atoms with Gasteiger partial charge in [-0.1, -0.05) is 6.42 Å². The molecule has 1 unspecified atom stereocenters. The number of aromatic nitrogens is 1. The SMILES string of the molecule is COC(=O)Cc1nc(N2CC3CCC[C@H]3C2)oc1C(F)(F)F. The molecule has 1 saturated carbocycles. The summed E-state index contributed by atoms with van der Waals surface area (Å²) in [6.07, 6.45) is -1.85. The van der Waals surface area contributed by atoms with Crippen molar-refractivity contribution < 1.29 is 27.1 Å². The van der Waals surface area contributed by atoms with Gasteiger partial charge in [0, 0.05) is 13.1 Å². The first-order valence-corrected chi connectivity index (χ1v) is 7.27. The lowest BCUT2D eigenvalue weighted by atomic mass is 10.0. The summed E-state index contributed by atoms with van der Waals surface area (Å²) in [4.78, 5) is 16.9. The van der Waals surface area contributed by atoms with E-state index < -0.39 is 30.0 Å². The van der Waals surface area contributed by atoms with Gasteiger partial charge in [-0.2, -0.15) is 18.2 Å². The van der Waals surface area contributed by atoms with Crippen LogP contribution < -0.4 is 4.90 Å². The number of carbonyl (C=O) groups excluding carboxylic acids is 1. The number of hydrogen-bond acceptors (Lipinski definition) is 5. The van der Waals surface area contributed by atoms with Gasteiger partial charge < -0.3 is 14.1 Å². The van der Waals surface area contributed by atoms with Crippen molar-refractivity contribution in [2.45, 2.75) is 31.9 Å². The summed E-state index contributed by atoms with van der Waals surface area (Å²) in [6.45, 7) is 1.33. The van der Waals surface area contributed by atoms with E-state index in [1.165, 1.54) is 6.42 Å². The van der Waals surface area contributed by atoms with E-state index in [9.17, 15) is 18.0 Å². The van der Waals surface area contributed by atoms with E-state index in [-0.39, 0.29) is 6.01 Å². The summed E-state index contributed by atoms with van der Waals surface area (Å²) in [5, 5.41) is 0. The molecule has 2 fully saturated rings. The van der Waals surface area contributed by atoms with Crippen molar-refractivity contribution in [3.8, 4) is 0 Å². The molecule has 0 bridgehead atoms. The van der Waals surface area contributed by atoms with Gasteiger partial charge in [-0.25, -0.2) is 0 Å². The maximum absolute atomic E-state index is 13.0. The van der Waals surface area contributed by atoms with E-state index in [1.54, 1.807) is 4.90 Å². The largest absolute Gasteiger partial charge is 0.469 e. The normalized spacial score (nSPS) is 24.6. The Morgan fingerprint density at radius 1 is 1.36 bits per heavy atom. The summed E-state index contributed by atoms with van der Waals surface area (Å²) in [5.41, 5.74) is -0.411. The molecule has 3 rings (SSSR count). The van der Waals surface area contributed by atoms with Crippen LogP contribution in [0.5, 0.6) is 0 Å². The quantitative estimate of drug-likeness (QED) is 0.802. The molecule has 1 aliphatic heterocycles. The zero-order valence-corrected chi connectivity index (χ0v) is 12.2. The smallest absolute Gasteiger partial charge is 0.451 e. The van der Waals surface area contributed by atoms with Crippen LogP contribution >= 0.6 is 0 Å². The lowest BCUT2D eigenvalue weighted by molar-refractivity contribution is -0.153. The fraction of sp³-hybridized carbons (Fsp3) is 0.714. The molecular weight excluding hydrogens is 301 g/mol. The third-order valence-corrected chi connectivity index (χ3v) is 4.48. The highest BCUT2D eigenvalue weighted by Gasteiger charge is 2.43. The molecular formula is C14H17F3N2O3. The average molecular weight is 318 g/mol.